The lowest BCUT2D eigenvalue weighted by molar-refractivity contribution is -0.140. The Kier molecular flexibility index (Phi) is 6.94. The van der Waals surface area contributed by atoms with E-state index in [-0.39, 0.29) is 30.0 Å². The number of benzene rings is 4. The number of carbonyl (C=O) groups excluding carboxylic acids is 1. The van der Waals surface area contributed by atoms with Crippen LogP contribution in [0.5, 0.6) is 0 Å². The zero-order valence-corrected chi connectivity index (χ0v) is 21.7. The first-order valence-corrected chi connectivity index (χ1v) is 13.6. The number of nitrogens with one attached hydrogen (secondary N) is 1. The Morgan fingerprint density at radius 3 is 2.44 bits per heavy atom. The van der Waals surface area contributed by atoms with E-state index in [1.54, 1.807) is 31.2 Å². The van der Waals surface area contributed by atoms with Crippen molar-refractivity contribution < 1.29 is 30.8 Å². The highest BCUT2D eigenvalue weighted by Crippen LogP contribution is 2.34. The first kappa shape index (κ1) is 26.8. The van der Waals surface area contributed by atoms with Gasteiger partial charge in [0.25, 0.3) is 0 Å². The van der Waals surface area contributed by atoms with Crippen LogP contribution < -0.4 is 5.32 Å². The molecule has 1 amide bonds. The summed E-state index contributed by atoms with van der Waals surface area (Å²) in [5.41, 5.74) is 1.55. The highest BCUT2D eigenvalue weighted by atomic mass is 32.2. The number of halogens is 4. The highest BCUT2D eigenvalue weighted by molar-refractivity contribution is 7.89. The van der Waals surface area contributed by atoms with Crippen LogP contribution in [0.4, 0.5) is 23.2 Å². The molecular weight excluding hydrogens is 532 g/mol. The summed E-state index contributed by atoms with van der Waals surface area (Å²) in [7, 11) is -3.77. The fourth-order valence-electron chi connectivity index (χ4n) is 4.87. The van der Waals surface area contributed by atoms with Gasteiger partial charge in [-0.05, 0) is 70.6 Å². The van der Waals surface area contributed by atoms with Crippen molar-refractivity contribution in [3.8, 4) is 0 Å². The average molecular weight is 557 g/mol. The number of hydrogen-bond acceptors (Lipinski definition) is 3. The fraction of sp³-hybridized carbons (Fsp3) is 0.207. The third kappa shape index (κ3) is 5.39. The van der Waals surface area contributed by atoms with Crippen molar-refractivity contribution in [1.82, 2.24) is 4.31 Å². The van der Waals surface area contributed by atoms with Crippen LogP contribution >= 0.6 is 0 Å². The summed E-state index contributed by atoms with van der Waals surface area (Å²) in [6.07, 6.45) is -4.78. The molecule has 4 aromatic rings. The molecule has 4 aromatic carbocycles. The van der Waals surface area contributed by atoms with E-state index >= 15 is 0 Å². The molecule has 0 bridgehead atoms. The number of sulfonamides is 1. The first-order valence-electron chi connectivity index (χ1n) is 12.2. The zero-order chi connectivity index (χ0) is 27.9. The standard InChI is InChI=1S/C29H24F4N2O3S/c1-18-6-8-22-17-35(39(37,38)23-10-9-20-4-2-3-5-21(20)16-23)13-12-24(22)28(18)34-27(36)15-19-7-11-25(26(30)14-19)29(31,32)33/h2-11,14,16H,12-13,15,17H2,1H3,(H,34,36). The van der Waals surface area contributed by atoms with Crippen LogP contribution in [0.15, 0.2) is 77.7 Å². The number of aryl methyl sites for hydroxylation is 1. The Morgan fingerprint density at radius 1 is 0.974 bits per heavy atom. The van der Waals surface area contributed by atoms with Crippen molar-refractivity contribution in [1.29, 1.82) is 0 Å². The van der Waals surface area contributed by atoms with E-state index in [0.29, 0.717) is 24.2 Å². The number of rotatable bonds is 5. The number of nitrogens with zero attached hydrogens (tertiary/aromatic N) is 1. The molecule has 5 nitrogen and oxygen atoms in total. The van der Waals surface area contributed by atoms with E-state index in [1.165, 1.54) is 4.31 Å². The van der Waals surface area contributed by atoms with Gasteiger partial charge in [-0.2, -0.15) is 17.5 Å². The zero-order valence-electron chi connectivity index (χ0n) is 20.8. The Morgan fingerprint density at radius 2 is 1.72 bits per heavy atom. The van der Waals surface area contributed by atoms with Crippen LogP contribution in [0, 0.1) is 12.7 Å². The normalized spacial score (nSPS) is 14.3. The minimum Gasteiger partial charge on any atom is -0.325 e. The van der Waals surface area contributed by atoms with E-state index in [2.05, 4.69) is 5.32 Å². The maximum absolute atomic E-state index is 13.9. The number of alkyl halides is 3. The van der Waals surface area contributed by atoms with Crippen molar-refractivity contribution in [3.05, 3.63) is 106 Å². The molecule has 39 heavy (non-hydrogen) atoms. The maximum Gasteiger partial charge on any atom is 0.419 e. The Balaban J connectivity index is 1.35. The van der Waals surface area contributed by atoms with E-state index < -0.39 is 33.5 Å². The van der Waals surface area contributed by atoms with Crippen molar-refractivity contribution in [2.45, 2.75) is 37.4 Å². The van der Waals surface area contributed by atoms with Crippen molar-refractivity contribution in [3.63, 3.8) is 0 Å². The molecular formula is C29H24F4N2O3S. The molecule has 0 radical (unpaired) electrons. The van der Waals surface area contributed by atoms with Crippen LogP contribution in [0.25, 0.3) is 10.8 Å². The van der Waals surface area contributed by atoms with Gasteiger partial charge in [0.15, 0.2) is 0 Å². The topological polar surface area (TPSA) is 66.5 Å². The number of amides is 1. The van der Waals surface area contributed by atoms with Gasteiger partial charge in [0.2, 0.25) is 15.9 Å². The van der Waals surface area contributed by atoms with Gasteiger partial charge in [0.05, 0.1) is 16.9 Å². The molecule has 202 valence electrons. The number of fused-ring (bicyclic) bond motifs is 2. The number of hydrogen-bond donors (Lipinski definition) is 1. The highest BCUT2D eigenvalue weighted by Gasteiger charge is 2.34. The SMILES string of the molecule is Cc1ccc2c(c1NC(=O)Cc1ccc(C(F)(F)F)c(F)c1)CCN(S(=O)(=O)c1ccc3ccccc3c1)C2. The summed E-state index contributed by atoms with van der Waals surface area (Å²) in [6, 6.07) is 18.6. The van der Waals surface area contributed by atoms with Gasteiger partial charge in [0.1, 0.15) is 5.82 Å². The fourth-order valence-corrected chi connectivity index (χ4v) is 6.33. The van der Waals surface area contributed by atoms with Gasteiger partial charge in [0, 0.05) is 18.8 Å². The molecule has 1 aliphatic heterocycles. The number of anilines is 1. The van der Waals surface area contributed by atoms with E-state index in [4.69, 9.17) is 0 Å². The molecule has 0 saturated carbocycles. The second kappa shape index (κ2) is 10.1. The minimum atomic E-state index is -4.82. The van der Waals surface area contributed by atoms with Gasteiger partial charge < -0.3 is 5.32 Å². The lowest BCUT2D eigenvalue weighted by atomic mass is 9.95. The molecule has 0 unspecified atom stereocenters. The summed E-state index contributed by atoms with van der Waals surface area (Å²) in [6.45, 7) is 2.13. The van der Waals surface area contributed by atoms with Gasteiger partial charge in [-0.3, -0.25) is 4.79 Å². The molecule has 0 saturated heterocycles. The lowest BCUT2D eigenvalue weighted by Gasteiger charge is -2.30. The minimum absolute atomic E-state index is 0.105. The quantitative estimate of drug-likeness (QED) is 0.296. The molecule has 0 spiro atoms. The summed E-state index contributed by atoms with van der Waals surface area (Å²) in [4.78, 5) is 13.0. The monoisotopic (exact) mass is 556 g/mol. The summed E-state index contributed by atoms with van der Waals surface area (Å²) in [5, 5.41) is 4.57. The van der Waals surface area contributed by atoms with Crippen LogP contribution in [0.2, 0.25) is 0 Å². The van der Waals surface area contributed by atoms with Crippen LogP contribution in [-0.2, 0) is 40.4 Å². The predicted molar refractivity (Wildman–Crippen MR) is 140 cm³/mol. The third-order valence-electron chi connectivity index (χ3n) is 6.90. The molecule has 5 rings (SSSR count). The van der Waals surface area contributed by atoms with Crippen LogP contribution in [0.3, 0.4) is 0 Å². The Hall–Kier alpha value is -3.76. The molecule has 1 aliphatic rings. The molecule has 0 aliphatic carbocycles. The molecule has 0 aromatic heterocycles. The van der Waals surface area contributed by atoms with Gasteiger partial charge in [-0.1, -0.05) is 48.5 Å². The van der Waals surface area contributed by atoms with Crippen LogP contribution in [-0.4, -0.2) is 25.2 Å². The van der Waals surface area contributed by atoms with Gasteiger partial charge in [-0.25, -0.2) is 12.8 Å². The Labute approximate surface area is 223 Å². The third-order valence-corrected chi connectivity index (χ3v) is 8.74. The molecule has 0 atom stereocenters. The van der Waals surface area contributed by atoms with Crippen molar-refractivity contribution in [2.75, 3.05) is 11.9 Å². The Bertz CT molecular complexity index is 1700. The maximum atomic E-state index is 13.9. The molecule has 1 heterocycles. The predicted octanol–water partition coefficient (Wildman–Crippen LogP) is 6.23. The van der Waals surface area contributed by atoms with E-state index in [9.17, 15) is 30.8 Å². The molecule has 0 fully saturated rings. The van der Waals surface area contributed by atoms with Gasteiger partial charge in [-0.15, -0.1) is 0 Å². The summed E-state index contributed by atoms with van der Waals surface area (Å²) < 4.78 is 80.7. The van der Waals surface area contributed by atoms with Gasteiger partial charge >= 0.3 is 6.18 Å². The van der Waals surface area contributed by atoms with E-state index in [1.807, 2.05) is 30.3 Å². The lowest BCUT2D eigenvalue weighted by Crippen LogP contribution is -2.36. The van der Waals surface area contributed by atoms with Crippen molar-refractivity contribution >= 4 is 32.4 Å². The van der Waals surface area contributed by atoms with Crippen molar-refractivity contribution in [2.24, 2.45) is 0 Å². The second-order valence-electron chi connectivity index (χ2n) is 9.53. The number of carbonyl (C=O) groups is 1. The van der Waals surface area contributed by atoms with Crippen LogP contribution in [0.1, 0.15) is 27.8 Å². The molecule has 10 heteroatoms. The largest absolute Gasteiger partial charge is 0.419 e. The first-order chi connectivity index (χ1) is 18.4. The summed E-state index contributed by atoms with van der Waals surface area (Å²) >= 11 is 0. The average Bonchev–Trinajstić information content (AvgIpc) is 2.89. The summed E-state index contributed by atoms with van der Waals surface area (Å²) in [5.74, 6) is -1.95. The molecule has 1 N–H and O–H groups in total. The second-order valence-corrected chi connectivity index (χ2v) is 11.5. The smallest absolute Gasteiger partial charge is 0.325 e. The van der Waals surface area contributed by atoms with E-state index in [0.717, 1.165) is 33.5 Å².